The maximum atomic E-state index is 12.3. The van der Waals surface area contributed by atoms with E-state index in [0.29, 0.717) is 23.0 Å². The molecule has 3 aromatic rings. The Hall–Kier alpha value is -2.94. The predicted octanol–water partition coefficient (Wildman–Crippen LogP) is 3.44. The number of carbonyl (C=O) groups excluding carboxylic acids is 2. The number of piperazine rings is 1. The maximum Gasteiger partial charge on any atom is 0.289 e. The third kappa shape index (κ3) is 5.85. The lowest BCUT2D eigenvalue weighted by Gasteiger charge is -2.36. The van der Waals surface area contributed by atoms with Crippen molar-refractivity contribution >= 4 is 40.4 Å². The number of hydrazine groups is 1. The molecule has 7 nitrogen and oxygen atoms in total. The molecule has 4 rings (SSSR count). The maximum absolute atomic E-state index is 12.3. The number of nitrogens with one attached hydrogen (secondary N) is 2. The summed E-state index contributed by atoms with van der Waals surface area (Å²) in [5.74, 6) is -0.673. The molecule has 2 heterocycles. The van der Waals surface area contributed by atoms with Gasteiger partial charge < -0.3 is 4.90 Å². The number of hydrogen-bond donors (Lipinski definition) is 2. The average Bonchev–Trinajstić information content (AvgIpc) is 3.33. The van der Waals surface area contributed by atoms with Gasteiger partial charge in [-0.2, -0.15) is 0 Å². The molecule has 0 saturated carbocycles. The van der Waals surface area contributed by atoms with E-state index < -0.39 is 5.91 Å². The first kappa shape index (κ1) is 22.3. The van der Waals surface area contributed by atoms with Gasteiger partial charge in [0.1, 0.15) is 10.7 Å². The van der Waals surface area contributed by atoms with E-state index in [0.717, 1.165) is 31.7 Å². The van der Waals surface area contributed by atoms with Crippen LogP contribution in [0.4, 0.5) is 5.69 Å². The molecule has 2 N–H and O–H groups in total. The Balaban J connectivity index is 1.18. The second-order valence-electron chi connectivity index (χ2n) is 7.46. The highest BCUT2D eigenvalue weighted by Gasteiger charge is 2.18. The lowest BCUT2D eigenvalue weighted by molar-refractivity contribution is -0.122. The van der Waals surface area contributed by atoms with Crippen LogP contribution < -0.4 is 15.8 Å². The molecule has 0 radical (unpaired) electrons. The van der Waals surface area contributed by atoms with Crippen molar-refractivity contribution in [3.05, 3.63) is 70.7 Å². The fraction of sp³-hybridized carbons (Fsp3) is 0.261. The van der Waals surface area contributed by atoms with Crippen LogP contribution in [0.25, 0.3) is 10.6 Å². The summed E-state index contributed by atoms with van der Waals surface area (Å²) in [6.45, 7) is 4.32. The van der Waals surface area contributed by atoms with Gasteiger partial charge in [0.2, 0.25) is 5.91 Å². The summed E-state index contributed by atoms with van der Waals surface area (Å²) in [6.07, 6.45) is 0.316. The Morgan fingerprint density at radius 2 is 1.78 bits per heavy atom. The Labute approximate surface area is 196 Å². The highest BCUT2D eigenvalue weighted by molar-refractivity contribution is 7.13. The molecule has 1 aromatic heterocycles. The minimum atomic E-state index is -0.445. The Bertz CT molecular complexity index is 1070. The molecule has 1 saturated heterocycles. The summed E-state index contributed by atoms with van der Waals surface area (Å²) in [5.41, 5.74) is 7.25. The highest BCUT2D eigenvalue weighted by Crippen LogP contribution is 2.26. The van der Waals surface area contributed by atoms with Crippen LogP contribution in [-0.4, -0.2) is 54.4 Å². The standard InChI is InChI=1S/C23H24ClN5O2S/c24-18-6-4-5-17(15-18)23-25-20(16-32-23)22(31)27-26-21(30)9-10-28-11-13-29(14-12-28)19-7-2-1-3-8-19/h1-8,15-16H,9-14H2,(H,26,30)(H,27,31). The van der Waals surface area contributed by atoms with Crippen LogP contribution in [0.15, 0.2) is 60.0 Å². The number of hydrogen-bond acceptors (Lipinski definition) is 6. The van der Waals surface area contributed by atoms with Crippen LogP contribution in [0.3, 0.4) is 0 Å². The minimum Gasteiger partial charge on any atom is -0.369 e. The number of amides is 2. The summed E-state index contributed by atoms with van der Waals surface area (Å²) in [4.78, 5) is 33.4. The highest BCUT2D eigenvalue weighted by atomic mass is 35.5. The number of nitrogens with zero attached hydrogens (tertiary/aromatic N) is 3. The second-order valence-corrected chi connectivity index (χ2v) is 8.76. The lowest BCUT2D eigenvalue weighted by atomic mass is 10.2. The molecule has 1 aliphatic heterocycles. The first-order valence-corrected chi connectivity index (χ1v) is 11.7. The van der Waals surface area contributed by atoms with Gasteiger partial charge in [0, 0.05) is 60.8 Å². The smallest absolute Gasteiger partial charge is 0.289 e. The van der Waals surface area contributed by atoms with Crippen LogP contribution in [0.5, 0.6) is 0 Å². The van der Waals surface area contributed by atoms with Crippen LogP contribution in [0, 0.1) is 0 Å². The van der Waals surface area contributed by atoms with E-state index in [-0.39, 0.29) is 11.6 Å². The molecular weight excluding hydrogens is 446 g/mol. The number of halogens is 1. The number of thiazole rings is 1. The number of rotatable bonds is 6. The SMILES string of the molecule is O=C(CCN1CCN(c2ccccc2)CC1)NNC(=O)c1csc(-c2cccc(Cl)c2)n1. The molecule has 0 aliphatic carbocycles. The topological polar surface area (TPSA) is 77.6 Å². The largest absolute Gasteiger partial charge is 0.369 e. The summed E-state index contributed by atoms with van der Waals surface area (Å²) >= 11 is 7.36. The molecule has 0 unspecified atom stereocenters. The monoisotopic (exact) mass is 469 g/mol. The van der Waals surface area contributed by atoms with Gasteiger partial charge in [0.15, 0.2) is 0 Å². The van der Waals surface area contributed by atoms with Crippen molar-refractivity contribution in [2.75, 3.05) is 37.6 Å². The predicted molar refractivity (Wildman–Crippen MR) is 128 cm³/mol. The van der Waals surface area contributed by atoms with Gasteiger partial charge >= 0.3 is 0 Å². The summed E-state index contributed by atoms with van der Waals surface area (Å²) in [7, 11) is 0. The molecule has 9 heteroatoms. The zero-order chi connectivity index (χ0) is 22.3. The number of anilines is 1. The van der Waals surface area contributed by atoms with E-state index in [1.807, 2.05) is 30.3 Å². The Kier molecular flexibility index (Phi) is 7.36. The first-order chi connectivity index (χ1) is 15.6. The fourth-order valence-electron chi connectivity index (χ4n) is 3.51. The number of benzene rings is 2. The number of aromatic nitrogens is 1. The first-order valence-electron chi connectivity index (χ1n) is 10.4. The molecular formula is C23H24ClN5O2S. The van der Waals surface area contributed by atoms with E-state index in [9.17, 15) is 9.59 Å². The molecule has 166 valence electrons. The van der Waals surface area contributed by atoms with E-state index in [1.165, 1.54) is 17.0 Å². The zero-order valence-electron chi connectivity index (χ0n) is 17.5. The third-order valence-electron chi connectivity index (χ3n) is 5.27. The Morgan fingerprint density at radius 3 is 2.53 bits per heavy atom. The lowest BCUT2D eigenvalue weighted by Crippen LogP contribution is -2.48. The van der Waals surface area contributed by atoms with Crippen molar-refractivity contribution in [1.29, 1.82) is 0 Å². The van der Waals surface area contributed by atoms with Crippen molar-refractivity contribution in [3.8, 4) is 10.6 Å². The summed E-state index contributed by atoms with van der Waals surface area (Å²) in [5, 5.41) is 2.96. The number of para-hydroxylation sites is 1. The molecule has 1 aliphatic rings. The molecule has 1 fully saturated rings. The van der Waals surface area contributed by atoms with E-state index in [1.54, 1.807) is 17.5 Å². The molecule has 0 bridgehead atoms. The van der Waals surface area contributed by atoms with E-state index >= 15 is 0 Å². The van der Waals surface area contributed by atoms with E-state index in [2.05, 4.69) is 37.8 Å². The third-order valence-corrected chi connectivity index (χ3v) is 6.40. The van der Waals surface area contributed by atoms with Gasteiger partial charge in [-0.25, -0.2) is 4.98 Å². The van der Waals surface area contributed by atoms with Crippen molar-refractivity contribution in [2.24, 2.45) is 0 Å². The van der Waals surface area contributed by atoms with Crippen LogP contribution in [-0.2, 0) is 4.79 Å². The Morgan fingerprint density at radius 1 is 1.00 bits per heavy atom. The van der Waals surface area contributed by atoms with Crippen LogP contribution in [0.2, 0.25) is 5.02 Å². The van der Waals surface area contributed by atoms with Crippen LogP contribution in [0.1, 0.15) is 16.9 Å². The molecule has 2 amide bonds. The minimum absolute atomic E-state index is 0.228. The van der Waals surface area contributed by atoms with Gasteiger partial charge in [-0.1, -0.05) is 41.9 Å². The zero-order valence-corrected chi connectivity index (χ0v) is 19.0. The van der Waals surface area contributed by atoms with Gasteiger partial charge in [0.25, 0.3) is 5.91 Å². The van der Waals surface area contributed by atoms with E-state index in [4.69, 9.17) is 11.6 Å². The second kappa shape index (κ2) is 10.6. The van der Waals surface area contributed by atoms with Gasteiger partial charge in [0.05, 0.1) is 0 Å². The molecule has 2 aromatic carbocycles. The molecule has 32 heavy (non-hydrogen) atoms. The quantitative estimate of drug-likeness (QED) is 0.541. The molecule has 0 spiro atoms. The normalized spacial score (nSPS) is 14.2. The number of carbonyl (C=O) groups is 2. The average molecular weight is 470 g/mol. The fourth-order valence-corrected chi connectivity index (χ4v) is 4.50. The summed E-state index contributed by atoms with van der Waals surface area (Å²) < 4.78 is 0. The van der Waals surface area contributed by atoms with Gasteiger partial charge in [-0.05, 0) is 24.3 Å². The van der Waals surface area contributed by atoms with Gasteiger partial charge in [-0.15, -0.1) is 11.3 Å². The van der Waals surface area contributed by atoms with Crippen molar-refractivity contribution in [2.45, 2.75) is 6.42 Å². The van der Waals surface area contributed by atoms with Crippen molar-refractivity contribution in [1.82, 2.24) is 20.7 Å². The molecule has 0 atom stereocenters. The van der Waals surface area contributed by atoms with Crippen molar-refractivity contribution in [3.63, 3.8) is 0 Å². The summed E-state index contributed by atoms with van der Waals surface area (Å²) in [6, 6.07) is 17.6. The van der Waals surface area contributed by atoms with Crippen LogP contribution >= 0.6 is 22.9 Å². The van der Waals surface area contributed by atoms with Crippen molar-refractivity contribution < 1.29 is 9.59 Å². The van der Waals surface area contributed by atoms with Gasteiger partial charge in [-0.3, -0.25) is 25.3 Å².